The second-order valence-corrected chi connectivity index (χ2v) is 4.37. The molecule has 0 aliphatic carbocycles. The van der Waals surface area contributed by atoms with Crippen LogP contribution in [0.25, 0.3) is 0 Å². The normalized spacial score (nSPS) is 17.8. The standard InChI is InChI=1S/C7H8N2S/c8-5-7(6-9)10-3-1-2-4-10/h1-4H2. The average molecular weight is 152 g/mol. The van der Waals surface area contributed by atoms with Crippen molar-refractivity contribution in [1.82, 2.24) is 0 Å². The van der Waals surface area contributed by atoms with Crippen LogP contribution in [0.1, 0.15) is 12.8 Å². The van der Waals surface area contributed by atoms with Gasteiger partial charge in [0.25, 0.3) is 0 Å². The topological polar surface area (TPSA) is 47.6 Å². The second kappa shape index (κ2) is 3.39. The Balaban J connectivity index is 2.85. The first-order valence-electron chi connectivity index (χ1n) is 3.23. The van der Waals surface area contributed by atoms with Crippen LogP contribution in [0.5, 0.6) is 0 Å². The van der Waals surface area contributed by atoms with Crippen LogP contribution < -0.4 is 0 Å². The van der Waals surface area contributed by atoms with Gasteiger partial charge in [-0.25, -0.2) is 0 Å². The van der Waals surface area contributed by atoms with Crippen LogP contribution in [-0.4, -0.2) is 16.4 Å². The van der Waals surface area contributed by atoms with Crippen LogP contribution in [0, 0.1) is 22.7 Å². The summed E-state index contributed by atoms with van der Waals surface area (Å²) in [5, 5.41) is 17.0. The minimum absolute atomic E-state index is 0.0293. The van der Waals surface area contributed by atoms with Crippen molar-refractivity contribution in [2.75, 3.05) is 11.5 Å². The van der Waals surface area contributed by atoms with Gasteiger partial charge in [-0.1, -0.05) is 0 Å². The molecule has 3 heteroatoms. The van der Waals surface area contributed by atoms with Crippen molar-refractivity contribution in [3.05, 3.63) is 0 Å². The molecule has 0 radical (unpaired) electrons. The summed E-state index contributed by atoms with van der Waals surface area (Å²) in [7, 11) is 0.0293. The Labute approximate surface area is 63.0 Å². The lowest BCUT2D eigenvalue weighted by Gasteiger charge is -1.93. The molecular weight excluding hydrogens is 144 g/mol. The highest BCUT2D eigenvalue weighted by Crippen LogP contribution is 2.26. The first-order chi connectivity index (χ1) is 4.88. The lowest BCUT2D eigenvalue weighted by Crippen LogP contribution is -1.90. The maximum Gasteiger partial charge on any atom is 0.153 e. The quantitative estimate of drug-likeness (QED) is 0.491. The van der Waals surface area contributed by atoms with Gasteiger partial charge in [0.2, 0.25) is 0 Å². The summed E-state index contributed by atoms with van der Waals surface area (Å²) in [4.78, 5) is 0.456. The Morgan fingerprint density at radius 1 is 1.10 bits per heavy atom. The molecule has 0 aromatic heterocycles. The van der Waals surface area contributed by atoms with Gasteiger partial charge in [0, 0.05) is 0 Å². The van der Waals surface area contributed by atoms with Crippen LogP contribution in [0.15, 0.2) is 0 Å². The molecular formula is C7H8N2S. The summed E-state index contributed by atoms with van der Waals surface area (Å²) < 4.78 is 0. The Bertz CT molecular complexity index is 217. The number of hydrogen-bond donors (Lipinski definition) is 0. The molecule has 1 saturated heterocycles. The number of hydrogen-bond acceptors (Lipinski definition) is 2. The van der Waals surface area contributed by atoms with Crippen molar-refractivity contribution in [2.45, 2.75) is 12.8 Å². The van der Waals surface area contributed by atoms with Gasteiger partial charge in [0.15, 0.2) is 4.86 Å². The van der Waals surface area contributed by atoms with E-state index >= 15 is 0 Å². The molecule has 1 heterocycles. The monoisotopic (exact) mass is 152 g/mol. The van der Waals surface area contributed by atoms with Gasteiger partial charge in [-0.2, -0.15) is 21.0 Å². The van der Waals surface area contributed by atoms with E-state index in [4.69, 9.17) is 10.5 Å². The van der Waals surface area contributed by atoms with E-state index in [9.17, 15) is 0 Å². The molecule has 0 atom stereocenters. The van der Waals surface area contributed by atoms with Crippen molar-refractivity contribution in [3.8, 4) is 12.1 Å². The third-order valence-corrected chi connectivity index (χ3v) is 3.85. The average Bonchev–Trinajstić information content (AvgIpc) is 2.43. The third kappa shape index (κ3) is 1.37. The fourth-order valence-electron chi connectivity index (χ4n) is 1.01. The predicted octanol–water partition coefficient (Wildman–Crippen LogP) is 1.27. The lowest BCUT2D eigenvalue weighted by atomic mass is 10.4. The molecule has 0 N–H and O–H groups in total. The van der Waals surface area contributed by atoms with Crippen LogP contribution in [0.4, 0.5) is 0 Å². The fourth-order valence-corrected chi connectivity index (χ4v) is 2.99. The van der Waals surface area contributed by atoms with Crippen molar-refractivity contribution in [3.63, 3.8) is 0 Å². The van der Waals surface area contributed by atoms with Gasteiger partial charge >= 0.3 is 0 Å². The van der Waals surface area contributed by atoms with Crippen molar-refractivity contribution in [1.29, 1.82) is 10.5 Å². The van der Waals surface area contributed by atoms with Gasteiger partial charge in [-0.3, -0.25) is 0 Å². The first-order valence-corrected chi connectivity index (χ1v) is 4.79. The summed E-state index contributed by atoms with van der Waals surface area (Å²) >= 11 is 0. The van der Waals surface area contributed by atoms with Gasteiger partial charge in [-0.05, 0) is 24.3 Å². The van der Waals surface area contributed by atoms with E-state index in [0.29, 0.717) is 4.86 Å². The van der Waals surface area contributed by atoms with Crippen LogP contribution in [0.2, 0.25) is 0 Å². The van der Waals surface area contributed by atoms with E-state index in [-0.39, 0.29) is 10.5 Å². The molecule has 0 bridgehead atoms. The SMILES string of the molecule is N#CC(C#N)=S1CCCC1. The molecule has 0 spiro atoms. The van der Waals surface area contributed by atoms with E-state index in [1.54, 1.807) is 0 Å². The summed E-state index contributed by atoms with van der Waals surface area (Å²) in [5.41, 5.74) is 0. The van der Waals surface area contributed by atoms with Crippen molar-refractivity contribution >= 4 is 15.3 Å². The zero-order valence-electron chi connectivity index (χ0n) is 5.63. The minimum atomic E-state index is 0.0293. The maximum atomic E-state index is 8.48. The molecule has 1 aliphatic rings. The molecule has 0 aromatic carbocycles. The maximum absolute atomic E-state index is 8.48. The molecule has 0 aromatic rings. The minimum Gasteiger partial charge on any atom is -0.191 e. The predicted molar refractivity (Wildman–Crippen MR) is 42.8 cm³/mol. The fraction of sp³-hybridized carbons (Fsp3) is 0.571. The van der Waals surface area contributed by atoms with Crippen LogP contribution in [0.3, 0.4) is 0 Å². The molecule has 1 fully saturated rings. The van der Waals surface area contributed by atoms with Crippen molar-refractivity contribution < 1.29 is 0 Å². The van der Waals surface area contributed by atoms with E-state index in [1.807, 2.05) is 12.1 Å². The van der Waals surface area contributed by atoms with E-state index in [0.717, 1.165) is 11.5 Å². The van der Waals surface area contributed by atoms with Crippen LogP contribution in [-0.2, 0) is 0 Å². The Kier molecular flexibility index (Phi) is 2.48. The molecule has 0 unspecified atom stereocenters. The lowest BCUT2D eigenvalue weighted by molar-refractivity contribution is 0.949. The first kappa shape index (κ1) is 7.31. The zero-order chi connectivity index (χ0) is 7.40. The molecule has 2 nitrogen and oxygen atoms in total. The molecule has 1 aliphatic heterocycles. The molecule has 10 heavy (non-hydrogen) atoms. The third-order valence-electron chi connectivity index (χ3n) is 1.52. The highest BCUT2D eigenvalue weighted by molar-refractivity contribution is 8.16. The summed E-state index contributed by atoms with van der Waals surface area (Å²) in [6, 6.07) is 3.92. The van der Waals surface area contributed by atoms with Crippen LogP contribution >= 0.6 is 10.5 Å². The highest BCUT2D eigenvalue weighted by atomic mass is 32.2. The molecule has 0 saturated carbocycles. The molecule has 52 valence electrons. The zero-order valence-corrected chi connectivity index (χ0v) is 6.45. The van der Waals surface area contributed by atoms with Gasteiger partial charge in [-0.15, -0.1) is 0 Å². The largest absolute Gasteiger partial charge is 0.191 e. The smallest absolute Gasteiger partial charge is 0.153 e. The van der Waals surface area contributed by atoms with Crippen molar-refractivity contribution in [2.24, 2.45) is 0 Å². The Morgan fingerprint density at radius 3 is 2.00 bits per heavy atom. The Hall–Kier alpha value is -0.800. The second-order valence-electron chi connectivity index (χ2n) is 2.16. The summed E-state index contributed by atoms with van der Waals surface area (Å²) in [5.74, 6) is 2.13. The van der Waals surface area contributed by atoms with Gasteiger partial charge in [0.1, 0.15) is 12.1 Å². The summed E-state index contributed by atoms with van der Waals surface area (Å²) in [6.45, 7) is 0. The Morgan fingerprint density at radius 2 is 1.60 bits per heavy atom. The number of nitriles is 2. The number of rotatable bonds is 0. The van der Waals surface area contributed by atoms with E-state index < -0.39 is 0 Å². The van der Waals surface area contributed by atoms with E-state index in [2.05, 4.69) is 0 Å². The summed E-state index contributed by atoms with van der Waals surface area (Å²) in [6.07, 6.45) is 2.38. The van der Waals surface area contributed by atoms with Gasteiger partial charge in [0.05, 0.1) is 0 Å². The molecule has 0 amide bonds. The number of nitrogens with zero attached hydrogens (tertiary/aromatic N) is 2. The van der Waals surface area contributed by atoms with Gasteiger partial charge < -0.3 is 0 Å². The highest BCUT2D eigenvalue weighted by Gasteiger charge is 2.09. The van der Waals surface area contributed by atoms with E-state index in [1.165, 1.54) is 12.8 Å². The molecule has 1 rings (SSSR count).